The number of hydrogen-bond acceptors (Lipinski definition) is 6. The number of rotatable bonds is 3. The van der Waals surface area contributed by atoms with Crippen molar-refractivity contribution in [2.75, 3.05) is 5.32 Å². The van der Waals surface area contributed by atoms with Crippen LogP contribution in [0, 0.1) is 0 Å². The fourth-order valence-electron chi connectivity index (χ4n) is 1.73. The quantitative estimate of drug-likeness (QED) is 0.736. The third-order valence-corrected chi connectivity index (χ3v) is 5.78. The average Bonchev–Trinajstić information content (AvgIpc) is 3.02. The Kier molecular flexibility index (Phi) is 3.91. The summed E-state index contributed by atoms with van der Waals surface area (Å²) in [4.78, 5) is 16.7. The summed E-state index contributed by atoms with van der Waals surface area (Å²) in [6, 6.07) is 7.61. The van der Waals surface area contributed by atoms with Crippen LogP contribution < -0.4 is 10.5 Å². The van der Waals surface area contributed by atoms with Crippen LogP contribution in [0.2, 0.25) is 4.34 Å². The highest BCUT2D eigenvalue weighted by molar-refractivity contribution is 7.89. The number of benzene rings is 1. The third kappa shape index (κ3) is 3.13. The number of nitrogens with zero attached hydrogens (tertiary/aromatic N) is 1. The van der Waals surface area contributed by atoms with Gasteiger partial charge in [0.05, 0.1) is 24.3 Å². The van der Waals surface area contributed by atoms with Gasteiger partial charge in [0.1, 0.15) is 0 Å². The molecule has 0 fully saturated rings. The molecule has 3 rings (SSSR count). The molecule has 0 aliphatic heterocycles. The second-order valence-electron chi connectivity index (χ2n) is 4.25. The lowest BCUT2D eigenvalue weighted by molar-refractivity contribution is 0.103. The lowest BCUT2D eigenvalue weighted by Gasteiger charge is -1.96. The summed E-state index contributed by atoms with van der Waals surface area (Å²) in [5.41, 5.74) is 0.580. The molecule has 0 radical (unpaired) electrons. The second-order valence-corrected chi connectivity index (χ2v) is 8.56. The molecule has 0 spiro atoms. The van der Waals surface area contributed by atoms with Crippen molar-refractivity contribution in [2.24, 2.45) is 5.14 Å². The zero-order valence-electron chi connectivity index (χ0n) is 10.7. The molecule has 1 amide bonds. The second kappa shape index (κ2) is 5.60. The summed E-state index contributed by atoms with van der Waals surface area (Å²) in [6.07, 6.45) is 0. The van der Waals surface area contributed by atoms with Gasteiger partial charge >= 0.3 is 0 Å². The Hall–Kier alpha value is -1.52. The SMILES string of the molecule is NS(=O)(=O)c1ccc2nc(NC(=O)c3ccc(Cl)s3)sc2c1. The molecular weight excluding hydrogens is 366 g/mol. The molecule has 2 heterocycles. The standard InChI is InChI=1S/C12H8ClN3O3S3/c13-10-4-3-8(20-10)11(17)16-12-15-7-2-1-6(22(14,18)19)5-9(7)21-12/h1-5H,(H2,14,18,19)(H,15,16,17). The fourth-order valence-corrected chi connectivity index (χ4v) is 4.18. The number of nitrogens with two attached hydrogens (primary N) is 1. The van der Waals surface area contributed by atoms with E-state index in [-0.39, 0.29) is 10.8 Å². The highest BCUT2D eigenvalue weighted by Crippen LogP contribution is 2.29. The Balaban J connectivity index is 1.90. The number of fused-ring (bicyclic) bond motifs is 1. The van der Waals surface area contributed by atoms with Crippen LogP contribution in [0.1, 0.15) is 9.67 Å². The number of thiophene rings is 1. The van der Waals surface area contributed by atoms with Crippen molar-refractivity contribution < 1.29 is 13.2 Å². The van der Waals surface area contributed by atoms with Crippen LogP contribution in [-0.4, -0.2) is 19.3 Å². The molecule has 1 aromatic carbocycles. The first-order valence-electron chi connectivity index (χ1n) is 5.83. The maximum Gasteiger partial charge on any atom is 0.267 e. The van der Waals surface area contributed by atoms with E-state index in [4.69, 9.17) is 16.7 Å². The Morgan fingerprint density at radius 1 is 1.23 bits per heavy atom. The average molecular weight is 374 g/mol. The number of primary sulfonamides is 1. The lowest BCUT2D eigenvalue weighted by Crippen LogP contribution is -2.11. The van der Waals surface area contributed by atoms with E-state index in [0.29, 0.717) is 24.6 Å². The number of hydrogen-bond donors (Lipinski definition) is 2. The number of amides is 1. The van der Waals surface area contributed by atoms with Crippen LogP contribution in [0.25, 0.3) is 10.2 Å². The highest BCUT2D eigenvalue weighted by atomic mass is 35.5. The van der Waals surface area contributed by atoms with E-state index in [1.165, 1.54) is 23.5 Å². The topological polar surface area (TPSA) is 102 Å². The molecular formula is C12H8ClN3O3S3. The van der Waals surface area contributed by atoms with Gasteiger partial charge in [-0.2, -0.15) is 0 Å². The van der Waals surface area contributed by atoms with Crippen LogP contribution in [0.5, 0.6) is 0 Å². The van der Waals surface area contributed by atoms with Gasteiger partial charge in [0.15, 0.2) is 5.13 Å². The molecule has 10 heteroatoms. The van der Waals surface area contributed by atoms with Gasteiger partial charge in [-0.3, -0.25) is 10.1 Å². The largest absolute Gasteiger partial charge is 0.297 e. The fraction of sp³-hybridized carbons (Fsp3) is 0. The van der Waals surface area contributed by atoms with E-state index < -0.39 is 10.0 Å². The minimum Gasteiger partial charge on any atom is -0.297 e. The Morgan fingerprint density at radius 3 is 2.64 bits per heavy atom. The van der Waals surface area contributed by atoms with Gasteiger partial charge in [-0.1, -0.05) is 22.9 Å². The molecule has 0 unspecified atom stereocenters. The number of carbonyl (C=O) groups is 1. The minimum absolute atomic E-state index is 0.00608. The van der Waals surface area contributed by atoms with Crippen molar-refractivity contribution in [1.82, 2.24) is 4.98 Å². The van der Waals surface area contributed by atoms with Crippen molar-refractivity contribution in [3.63, 3.8) is 0 Å². The van der Waals surface area contributed by atoms with Gasteiger partial charge in [-0.15, -0.1) is 11.3 Å². The normalized spacial score (nSPS) is 11.7. The van der Waals surface area contributed by atoms with Crippen LogP contribution in [-0.2, 0) is 10.0 Å². The van der Waals surface area contributed by atoms with Crippen molar-refractivity contribution in [1.29, 1.82) is 0 Å². The first-order chi connectivity index (χ1) is 10.3. The van der Waals surface area contributed by atoms with E-state index in [1.807, 2.05) is 0 Å². The first kappa shape index (κ1) is 15.4. The number of nitrogens with one attached hydrogen (secondary N) is 1. The molecule has 0 atom stereocenters. The maximum absolute atomic E-state index is 12.0. The summed E-state index contributed by atoms with van der Waals surface area (Å²) in [5, 5.41) is 8.12. The summed E-state index contributed by atoms with van der Waals surface area (Å²) < 4.78 is 23.8. The van der Waals surface area contributed by atoms with Gasteiger partial charge in [0, 0.05) is 0 Å². The number of sulfonamides is 1. The molecule has 0 saturated carbocycles. The number of carbonyl (C=O) groups excluding carboxylic acids is 1. The maximum atomic E-state index is 12.0. The van der Waals surface area contributed by atoms with E-state index in [9.17, 15) is 13.2 Å². The number of anilines is 1. The van der Waals surface area contributed by atoms with E-state index in [0.717, 1.165) is 11.3 Å². The van der Waals surface area contributed by atoms with Crippen LogP contribution in [0.15, 0.2) is 35.2 Å². The molecule has 0 saturated heterocycles. The Bertz CT molecular complexity index is 978. The zero-order valence-corrected chi connectivity index (χ0v) is 13.9. The van der Waals surface area contributed by atoms with Gasteiger partial charge in [0.2, 0.25) is 10.0 Å². The van der Waals surface area contributed by atoms with Crippen molar-refractivity contribution in [2.45, 2.75) is 4.90 Å². The minimum atomic E-state index is -3.77. The first-order valence-corrected chi connectivity index (χ1v) is 9.39. The molecule has 0 aliphatic carbocycles. The van der Waals surface area contributed by atoms with E-state index in [1.54, 1.807) is 18.2 Å². The molecule has 114 valence electrons. The van der Waals surface area contributed by atoms with Gasteiger partial charge in [-0.25, -0.2) is 18.5 Å². The number of thiazole rings is 1. The molecule has 6 nitrogen and oxygen atoms in total. The van der Waals surface area contributed by atoms with Crippen molar-refractivity contribution in [3.05, 3.63) is 39.5 Å². The molecule has 3 aromatic rings. The van der Waals surface area contributed by atoms with E-state index >= 15 is 0 Å². The lowest BCUT2D eigenvalue weighted by atomic mass is 10.3. The predicted octanol–water partition coefficient (Wildman–Crippen LogP) is 2.91. The molecule has 0 bridgehead atoms. The summed E-state index contributed by atoms with van der Waals surface area (Å²) in [7, 11) is -3.77. The van der Waals surface area contributed by atoms with Crippen LogP contribution >= 0.6 is 34.3 Å². The molecule has 2 aromatic heterocycles. The predicted molar refractivity (Wildman–Crippen MR) is 88.3 cm³/mol. The van der Waals surface area contributed by atoms with E-state index in [2.05, 4.69) is 10.3 Å². The third-order valence-electron chi connectivity index (χ3n) is 2.71. The smallest absolute Gasteiger partial charge is 0.267 e. The van der Waals surface area contributed by atoms with Crippen LogP contribution in [0.4, 0.5) is 5.13 Å². The molecule has 0 aliphatic rings. The van der Waals surface area contributed by atoms with Gasteiger partial charge < -0.3 is 0 Å². The Morgan fingerprint density at radius 2 is 2.00 bits per heavy atom. The highest BCUT2D eigenvalue weighted by Gasteiger charge is 2.14. The monoisotopic (exact) mass is 373 g/mol. The van der Waals surface area contributed by atoms with Gasteiger partial charge in [0.25, 0.3) is 5.91 Å². The summed E-state index contributed by atoms with van der Waals surface area (Å²) >= 11 is 8.12. The van der Waals surface area contributed by atoms with Crippen LogP contribution in [0.3, 0.4) is 0 Å². The van der Waals surface area contributed by atoms with Gasteiger partial charge in [-0.05, 0) is 30.3 Å². The summed E-state index contributed by atoms with van der Waals surface area (Å²) in [6.45, 7) is 0. The molecule has 22 heavy (non-hydrogen) atoms. The number of halogens is 1. The summed E-state index contributed by atoms with van der Waals surface area (Å²) in [5.74, 6) is -0.317. The van der Waals surface area contributed by atoms with Crippen molar-refractivity contribution >= 4 is 65.6 Å². The van der Waals surface area contributed by atoms with Crippen molar-refractivity contribution in [3.8, 4) is 0 Å². The number of aromatic nitrogens is 1. The molecule has 3 N–H and O–H groups in total. The Labute approximate surface area is 138 Å². The zero-order chi connectivity index (χ0) is 15.9.